The third kappa shape index (κ3) is 29.7. The Morgan fingerprint density at radius 3 is 1.53 bits per heavy atom. The fourth-order valence-electron chi connectivity index (χ4n) is 8.36. The van der Waals surface area contributed by atoms with Crippen LogP contribution in [-0.4, -0.2) is 64.4 Å². The van der Waals surface area contributed by atoms with Gasteiger partial charge in [-0.05, 0) is 175 Å². The summed E-state index contributed by atoms with van der Waals surface area (Å²) in [6.45, 7) is 20.4. The minimum absolute atomic E-state index is 0. The highest BCUT2D eigenvalue weighted by atomic mass is 35.5. The number of alkyl halides is 8. The van der Waals surface area contributed by atoms with Crippen LogP contribution in [0.3, 0.4) is 0 Å². The second-order valence-electron chi connectivity index (χ2n) is 23.0. The fraction of sp³-hybridized carbons (Fsp3) is 0.319. The molecule has 7 aromatic carbocycles. The van der Waals surface area contributed by atoms with Crippen molar-refractivity contribution < 1.29 is 74.1 Å². The van der Waals surface area contributed by atoms with Crippen LogP contribution in [0.1, 0.15) is 135 Å². The number of carbonyl (C=O) groups excluding carboxylic acids is 6. The van der Waals surface area contributed by atoms with Crippen molar-refractivity contribution in [1.82, 2.24) is 0 Å². The summed E-state index contributed by atoms with van der Waals surface area (Å²) in [4.78, 5) is 75.4. The predicted octanol–water partition coefficient (Wildman–Crippen LogP) is 19.3. The molecule has 95 heavy (non-hydrogen) atoms. The molecule has 0 aliphatic carbocycles. The van der Waals surface area contributed by atoms with Crippen LogP contribution < -0.4 is 31.2 Å². The number of hydrogen-bond donors (Lipinski definition) is 4. The number of nitrogens with two attached hydrogens (primary N) is 1. The van der Waals surface area contributed by atoms with Gasteiger partial charge in [0.25, 0.3) is 0 Å². The summed E-state index contributed by atoms with van der Waals surface area (Å²) in [7, 11) is 0. The highest BCUT2D eigenvalue weighted by Crippen LogP contribution is 2.38. The first-order chi connectivity index (χ1) is 43.5. The molecule has 0 bridgehead atoms. The number of ether oxygens (including phenoxy) is 4. The number of Topliss-reactive ketones (excluding diaryl/α,β-unsaturated/α-hetero) is 2. The Morgan fingerprint density at radius 1 is 0.568 bits per heavy atom. The maximum atomic E-state index is 13.5. The first-order valence-electron chi connectivity index (χ1n) is 28.8. The molecule has 1 heterocycles. The summed E-state index contributed by atoms with van der Waals surface area (Å²) in [5.41, 5.74) is 14.4. The number of nitrogen functional groups attached to an aromatic ring is 1. The summed E-state index contributed by atoms with van der Waals surface area (Å²) in [5.74, 6) is -0.0398. The van der Waals surface area contributed by atoms with E-state index in [-0.39, 0.29) is 55.1 Å². The van der Waals surface area contributed by atoms with Gasteiger partial charge in [-0.2, -0.15) is 26.3 Å². The minimum Gasteiger partial charge on any atom is -0.489 e. The first kappa shape index (κ1) is 81.9. The third-order valence-electron chi connectivity index (χ3n) is 12.9. The topological polar surface area (TPSA) is 214 Å². The van der Waals surface area contributed by atoms with Gasteiger partial charge in [0.15, 0.2) is 5.78 Å². The summed E-state index contributed by atoms with van der Waals surface area (Å²) in [6, 6.07) is 43.2. The monoisotopic (exact) mass is 1360 g/mol. The molecule has 7 aromatic rings. The number of amides is 3. The van der Waals surface area contributed by atoms with Crippen LogP contribution in [0.15, 0.2) is 151 Å². The molecule has 5 N–H and O–H groups in total. The molecular formula is C72H83Cl2F6N5O10. The number of anilines is 4. The molecule has 23 heteroatoms. The largest absolute Gasteiger partial charge is 0.489 e. The molecule has 0 unspecified atom stereocenters. The SMILES string of the molecule is C.C.Cc1cc(N)c(NC(=O)OC(C)(C)C)cc1C.Cc1cc(NC(=O)OC(C)(C)C)c(NC(=O)CC(=O)c2cccc(OCc3ccccc3)c2)cc1C(F)(F)F.Cc1cc2c(cc1C)N=C(c1cccc(OCc3ccccc3)c1)CC(=O)C2.ClCCl.O=CC(F)(F)F. The number of nitrogens with zero attached hydrogens (tertiary/aromatic N) is 1. The molecule has 3 amide bonds. The zero-order valence-electron chi connectivity index (χ0n) is 53.3. The zero-order valence-corrected chi connectivity index (χ0v) is 54.8. The quantitative estimate of drug-likeness (QED) is 0.0213. The number of aldehydes is 1. The number of hydrogen-bond acceptors (Lipinski definition) is 12. The van der Waals surface area contributed by atoms with E-state index in [9.17, 15) is 50.3 Å². The predicted molar refractivity (Wildman–Crippen MR) is 366 cm³/mol. The van der Waals surface area contributed by atoms with Gasteiger partial charge in [0.1, 0.15) is 41.7 Å². The average Bonchev–Trinajstić information content (AvgIpc) is 1.63. The van der Waals surface area contributed by atoms with E-state index in [1.165, 1.54) is 30.2 Å². The van der Waals surface area contributed by atoms with Crippen LogP contribution in [0, 0.1) is 34.6 Å². The van der Waals surface area contributed by atoms with Gasteiger partial charge in [-0.3, -0.25) is 34.8 Å². The Labute approximate surface area is 562 Å². The lowest BCUT2D eigenvalue weighted by Gasteiger charge is -2.21. The number of aryl methyl sites for hydroxylation is 5. The number of aliphatic imine (C=N–C) groups is 1. The van der Waals surface area contributed by atoms with Crippen molar-refractivity contribution in [1.29, 1.82) is 0 Å². The van der Waals surface area contributed by atoms with E-state index in [0.717, 1.165) is 56.6 Å². The zero-order chi connectivity index (χ0) is 69.4. The van der Waals surface area contributed by atoms with Gasteiger partial charge < -0.3 is 30.0 Å². The van der Waals surface area contributed by atoms with Gasteiger partial charge in [-0.1, -0.05) is 106 Å². The van der Waals surface area contributed by atoms with Gasteiger partial charge >= 0.3 is 24.5 Å². The van der Waals surface area contributed by atoms with Gasteiger partial charge in [0.05, 0.1) is 51.5 Å². The van der Waals surface area contributed by atoms with Crippen molar-refractivity contribution in [3.8, 4) is 11.5 Å². The number of nitrogens with one attached hydrogen (secondary N) is 3. The normalized spacial score (nSPS) is 11.6. The number of rotatable bonds is 13. The number of benzene rings is 7. The van der Waals surface area contributed by atoms with E-state index in [1.54, 1.807) is 32.9 Å². The molecule has 0 atom stereocenters. The van der Waals surface area contributed by atoms with E-state index in [1.807, 2.05) is 132 Å². The molecule has 0 saturated heterocycles. The van der Waals surface area contributed by atoms with Gasteiger partial charge in [-0.25, -0.2) is 9.59 Å². The summed E-state index contributed by atoms with van der Waals surface area (Å²) >= 11 is 9.53. The van der Waals surface area contributed by atoms with E-state index >= 15 is 0 Å². The molecule has 15 nitrogen and oxygen atoms in total. The van der Waals surface area contributed by atoms with Crippen molar-refractivity contribution in [2.45, 2.75) is 147 Å². The van der Waals surface area contributed by atoms with Crippen LogP contribution in [0.25, 0.3) is 0 Å². The first-order valence-corrected chi connectivity index (χ1v) is 29.8. The standard InChI is InChI=1S/C29H29F3N2O5.C25H23NO2.C13H20N2O2.C2HF3O.CH2Cl2.2CH4/c1-18-13-23(34-27(37)39-28(2,3)4)24(15-22(18)29(30,31)32)33-26(36)16-25(35)20-11-8-12-21(14-20)38-17-19-9-6-5-7-10-19;1-17-11-21-13-22(27)15-25(26-24(21)12-18(17)2)20-9-6-10-23(14-20)28-16-19-7-4-3-5-8-19;1-8-6-10(14)11(7-9(8)2)15-12(16)17-13(3,4)5;3-2(4,5)1-6;2-1-3;;/h5-15H,16-17H2,1-4H3,(H,33,36)(H,34,37);3-12,14H,13,15-16H2,1-2H3;6-7H,14H2,1-5H3,(H,15,16);1H;1H2;2*1H4. The van der Waals surface area contributed by atoms with Crippen molar-refractivity contribution >= 4 is 93.3 Å². The highest BCUT2D eigenvalue weighted by molar-refractivity contribution is 6.40. The van der Waals surface area contributed by atoms with Gasteiger partial charge in [0.2, 0.25) is 12.2 Å². The van der Waals surface area contributed by atoms with Crippen LogP contribution in [-0.2, 0) is 49.7 Å². The van der Waals surface area contributed by atoms with E-state index in [0.29, 0.717) is 42.6 Å². The molecule has 0 fully saturated rings. The number of carbonyl (C=O) groups is 6. The molecule has 0 spiro atoms. The van der Waals surface area contributed by atoms with Crippen molar-refractivity contribution in [3.63, 3.8) is 0 Å². The van der Waals surface area contributed by atoms with Gasteiger partial charge in [0, 0.05) is 24.0 Å². The lowest BCUT2D eigenvalue weighted by Crippen LogP contribution is -2.28. The van der Waals surface area contributed by atoms with E-state index < -0.39 is 65.7 Å². The molecule has 0 saturated carbocycles. The Bertz CT molecular complexity index is 3740. The van der Waals surface area contributed by atoms with Crippen molar-refractivity contribution in [2.24, 2.45) is 4.99 Å². The van der Waals surface area contributed by atoms with E-state index in [4.69, 9.17) is 57.7 Å². The van der Waals surface area contributed by atoms with Crippen LogP contribution in [0.4, 0.5) is 64.4 Å². The minimum atomic E-state index is -4.70. The molecule has 0 aromatic heterocycles. The second kappa shape index (κ2) is 37.6. The molecular weight excluding hydrogens is 1280 g/mol. The third-order valence-corrected chi connectivity index (χ3v) is 12.9. The Balaban J connectivity index is 0.000000477. The molecule has 1 aliphatic heterocycles. The second-order valence-corrected chi connectivity index (χ2v) is 23.8. The summed E-state index contributed by atoms with van der Waals surface area (Å²) < 4.78 is 93.8. The maximum absolute atomic E-state index is 13.5. The van der Waals surface area contributed by atoms with Crippen molar-refractivity contribution in [3.05, 3.63) is 207 Å². The van der Waals surface area contributed by atoms with Crippen molar-refractivity contribution in [2.75, 3.05) is 27.0 Å². The number of ketones is 2. The Kier molecular flexibility index (Phi) is 32.4. The molecule has 512 valence electrons. The maximum Gasteiger partial charge on any atom is 0.446 e. The van der Waals surface area contributed by atoms with E-state index in [2.05, 4.69) is 41.9 Å². The Hall–Kier alpha value is -9.21. The fourth-order valence-corrected chi connectivity index (χ4v) is 8.36. The van der Waals surface area contributed by atoms with Gasteiger partial charge in [-0.15, -0.1) is 23.2 Å². The van der Waals surface area contributed by atoms with Crippen LogP contribution in [0.5, 0.6) is 11.5 Å². The molecule has 0 radical (unpaired) electrons. The number of halogens is 8. The lowest BCUT2D eigenvalue weighted by molar-refractivity contribution is -0.156. The number of fused-ring (bicyclic) bond motifs is 1. The van der Waals surface area contributed by atoms with Crippen LogP contribution in [0.2, 0.25) is 0 Å². The van der Waals surface area contributed by atoms with Crippen LogP contribution >= 0.6 is 23.2 Å². The lowest BCUT2D eigenvalue weighted by atomic mass is 9.99. The molecule has 1 aliphatic rings. The highest BCUT2D eigenvalue weighted by Gasteiger charge is 2.34. The summed E-state index contributed by atoms with van der Waals surface area (Å²) in [6.07, 6.45) is -11.7. The smallest absolute Gasteiger partial charge is 0.446 e. The summed E-state index contributed by atoms with van der Waals surface area (Å²) in [5, 5.41) is 7.53. The Morgan fingerprint density at radius 2 is 1.02 bits per heavy atom. The molecule has 8 rings (SSSR count). The average molecular weight is 1360 g/mol.